The van der Waals surface area contributed by atoms with Crippen molar-refractivity contribution in [2.24, 2.45) is 0 Å². The summed E-state index contributed by atoms with van der Waals surface area (Å²) in [6.07, 6.45) is -1.22. The van der Waals surface area contributed by atoms with E-state index in [4.69, 9.17) is 4.74 Å². The Hall–Kier alpha value is -3.43. The number of fused-ring (bicyclic) bond motifs is 1. The van der Waals surface area contributed by atoms with Crippen molar-refractivity contribution in [1.82, 2.24) is 10.2 Å². The molecule has 0 radical (unpaired) electrons. The number of aromatic amines is 1. The Morgan fingerprint density at radius 2 is 2.00 bits per heavy atom. The second-order valence-corrected chi connectivity index (χ2v) is 6.06. The zero-order chi connectivity index (χ0) is 20.3. The molecule has 3 rings (SSSR count). The maximum atomic E-state index is 13.2. The van der Waals surface area contributed by atoms with E-state index in [9.17, 15) is 24.9 Å². The fraction of sp³-hybridized carbons (Fsp3) is 0.211. The number of aromatic carboxylic acids is 1. The molecule has 28 heavy (non-hydrogen) atoms. The molecule has 0 spiro atoms. The lowest BCUT2D eigenvalue weighted by Gasteiger charge is -2.25. The Bertz CT molecular complexity index is 1020. The average molecular weight is 385 g/mol. The Labute approximate surface area is 159 Å². The molecule has 1 heterocycles. The summed E-state index contributed by atoms with van der Waals surface area (Å²) in [5.41, 5.74) is 0.869. The van der Waals surface area contributed by atoms with Gasteiger partial charge in [0.15, 0.2) is 5.69 Å². The number of hydrogen-bond acceptors (Lipinski definition) is 6. The molecular weight excluding hydrogens is 366 g/mol. The summed E-state index contributed by atoms with van der Waals surface area (Å²) < 4.78 is 5.04. The first-order valence-electron chi connectivity index (χ1n) is 8.41. The SMILES string of the molecule is COc1ccc(N(CC(O)CO)C(=O)c2n[nH]c3ccccc23)cc1C(=O)O. The summed E-state index contributed by atoms with van der Waals surface area (Å²) in [6, 6.07) is 11.3. The molecular formula is C19H19N3O6. The van der Waals surface area contributed by atoms with E-state index in [1.54, 1.807) is 24.3 Å². The van der Waals surface area contributed by atoms with Crippen molar-refractivity contribution in [1.29, 1.82) is 0 Å². The highest BCUT2D eigenvalue weighted by atomic mass is 16.5. The zero-order valence-electron chi connectivity index (χ0n) is 15.0. The van der Waals surface area contributed by atoms with Crippen LogP contribution in [0.5, 0.6) is 5.75 Å². The van der Waals surface area contributed by atoms with Crippen LogP contribution in [-0.2, 0) is 0 Å². The largest absolute Gasteiger partial charge is 0.496 e. The number of aliphatic hydroxyl groups is 2. The number of amides is 1. The Kier molecular flexibility index (Phi) is 5.57. The van der Waals surface area contributed by atoms with Gasteiger partial charge in [-0.1, -0.05) is 18.2 Å². The fourth-order valence-electron chi connectivity index (χ4n) is 2.86. The van der Waals surface area contributed by atoms with Gasteiger partial charge in [-0.3, -0.25) is 9.89 Å². The van der Waals surface area contributed by atoms with Crippen molar-refractivity contribution >= 4 is 28.5 Å². The molecule has 0 saturated heterocycles. The number of hydrogen-bond donors (Lipinski definition) is 4. The first-order chi connectivity index (χ1) is 13.5. The first kappa shape index (κ1) is 19.3. The highest BCUT2D eigenvalue weighted by molar-refractivity contribution is 6.12. The number of ether oxygens (including phenoxy) is 1. The number of aliphatic hydroxyl groups excluding tert-OH is 2. The standard InChI is InChI=1S/C19H19N3O6/c1-28-16-7-6-11(8-14(16)19(26)27)22(9-12(24)10-23)18(25)17-13-4-2-3-5-15(13)20-21-17/h2-8,12,23-24H,9-10H2,1H3,(H,20,21)(H,26,27). The summed E-state index contributed by atoms with van der Waals surface area (Å²) >= 11 is 0. The van der Waals surface area contributed by atoms with Gasteiger partial charge in [-0.2, -0.15) is 5.10 Å². The maximum absolute atomic E-state index is 13.2. The molecule has 0 saturated carbocycles. The van der Waals surface area contributed by atoms with Gasteiger partial charge in [0, 0.05) is 11.1 Å². The van der Waals surface area contributed by atoms with E-state index in [0.717, 1.165) is 0 Å². The van der Waals surface area contributed by atoms with Crippen LogP contribution >= 0.6 is 0 Å². The first-order valence-corrected chi connectivity index (χ1v) is 8.41. The van der Waals surface area contributed by atoms with Crippen molar-refractivity contribution in [3.8, 4) is 5.75 Å². The molecule has 0 aliphatic heterocycles. The van der Waals surface area contributed by atoms with Gasteiger partial charge >= 0.3 is 5.97 Å². The molecule has 0 aliphatic carbocycles. The molecule has 9 nitrogen and oxygen atoms in total. The van der Waals surface area contributed by atoms with Crippen LogP contribution in [0.15, 0.2) is 42.5 Å². The van der Waals surface area contributed by atoms with Crippen molar-refractivity contribution in [3.05, 3.63) is 53.7 Å². The van der Waals surface area contributed by atoms with E-state index >= 15 is 0 Å². The lowest BCUT2D eigenvalue weighted by Crippen LogP contribution is -2.39. The number of carboxylic acid groups (broad SMARTS) is 1. The summed E-state index contributed by atoms with van der Waals surface area (Å²) in [4.78, 5) is 25.9. The number of nitrogens with zero attached hydrogens (tertiary/aromatic N) is 2. The lowest BCUT2D eigenvalue weighted by atomic mass is 10.1. The van der Waals surface area contributed by atoms with Crippen LogP contribution in [0.2, 0.25) is 0 Å². The monoisotopic (exact) mass is 385 g/mol. The molecule has 0 aliphatic rings. The molecule has 1 unspecified atom stereocenters. The van der Waals surface area contributed by atoms with Gasteiger partial charge in [0.25, 0.3) is 5.91 Å². The number of H-pyrrole nitrogens is 1. The Balaban J connectivity index is 2.08. The summed E-state index contributed by atoms with van der Waals surface area (Å²) in [7, 11) is 1.34. The van der Waals surface area contributed by atoms with Crippen LogP contribution < -0.4 is 9.64 Å². The Morgan fingerprint density at radius 3 is 2.68 bits per heavy atom. The molecule has 0 bridgehead atoms. The van der Waals surface area contributed by atoms with E-state index in [-0.39, 0.29) is 29.2 Å². The van der Waals surface area contributed by atoms with Gasteiger partial charge in [-0.05, 0) is 24.3 Å². The highest BCUT2D eigenvalue weighted by Gasteiger charge is 2.26. The second kappa shape index (κ2) is 8.07. The molecule has 4 N–H and O–H groups in total. The van der Waals surface area contributed by atoms with Crippen molar-refractivity contribution in [2.45, 2.75) is 6.10 Å². The van der Waals surface area contributed by atoms with Crippen LogP contribution in [0.25, 0.3) is 10.9 Å². The normalized spacial score (nSPS) is 12.0. The van der Waals surface area contributed by atoms with Crippen LogP contribution in [0.1, 0.15) is 20.8 Å². The van der Waals surface area contributed by atoms with Crippen LogP contribution in [0.3, 0.4) is 0 Å². The lowest BCUT2D eigenvalue weighted by molar-refractivity contribution is 0.0692. The van der Waals surface area contributed by atoms with E-state index in [1.807, 2.05) is 0 Å². The third-order valence-corrected chi connectivity index (χ3v) is 4.25. The van der Waals surface area contributed by atoms with Gasteiger partial charge in [-0.15, -0.1) is 0 Å². The average Bonchev–Trinajstić information content (AvgIpc) is 3.15. The number of anilines is 1. The van der Waals surface area contributed by atoms with Gasteiger partial charge < -0.3 is 25.0 Å². The Morgan fingerprint density at radius 1 is 1.25 bits per heavy atom. The molecule has 1 aromatic heterocycles. The van der Waals surface area contributed by atoms with Crippen molar-refractivity contribution in [2.75, 3.05) is 25.2 Å². The number of carbonyl (C=O) groups excluding carboxylic acids is 1. The highest BCUT2D eigenvalue weighted by Crippen LogP contribution is 2.27. The third kappa shape index (κ3) is 3.66. The number of nitrogens with one attached hydrogen (secondary N) is 1. The number of aromatic nitrogens is 2. The summed E-state index contributed by atoms with van der Waals surface area (Å²) in [5.74, 6) is -1.64. The number of para-hydroxylation sites is 1. The molecule has 146 valence electrons. The quantitative estimate of drug-likeness (QED) is 0.481. The van der Waals surface area contributed by atoms with Crippen LogP contribution in [-0.4, -0.2) is 63.8 Å². The molecule has 2 aromatic carbocycles. The molecule has 3 aromatic rings. The van der Waals surface area contributed by atoms with Crippen LogP contribution in [0.4, 0.5) is 5.69 Å². The number of rotatable bonds is 7. The summed E-state index contributed by atoms with van der Waals surface area (Å²) in [5, 5.41) is 36.0. The minimum Gasteiger partial charge on any atom is -0.496 e. The maximum Gasteiger partial charge on any atom is 0.339 e. The second-order valence-electron chi connectivity index (χ2n) is 6.06. The van der Waals surface area contributed by atoms with Gasteiger partial charge in [0.05, 0.1) is 31.9 Å². The van der Waals surface area contributed by atoms with Gasteiger partial charge in [-0.25, -0.2) is 4.79 Å². The van der Waals surface area contributed by atoms with Crippen molar-refractivity contribution in [3.63, 3.8) is 0 Å². The van der Waals surface area contributed by atoms with E-state index in [0.29, 0.717) is 10.9 Å². The molecule has 1 amide bonds. The van der Waals surface area contributed by atoms with Gasteiger partial charge in [0.2, 0.25) is 0 Å². The van der Waals surface area contributed by atoms with Crippen LogP contribution in [0, 0.1) is 0 Å². The topological polar surface area (TPSA) is 136 Å². The molecule has 0 fully saturated rings. The van der Waals surface area contributed by atoms with E-state index in [1.165, 1.54) is 30.2 Å². The predicted octanol–water partition coefficient (Wildman–Crippen LogP) is 1.27. The fourth-order valence-corrected chi connectivity index (χ4v) is 2.86. The molecule has 9 heteroatoms. The number of carbonyl (C=O) groups is 2. The third-order valence-electron chi connectivity index (χ3n) is 4.25. The van der Waals surface area contributed by atoms with E-state index in [2.05, 4.69) is 10.2 Å². The molecule has 1 atom stereocenters. The van der Waals surface area contributed by atoms with E-state index < -0.39 is 24.6 Å². The predicted molar refractivity (Wildman–Crippen MR) is 101 cm³/mol. The summed E-state index contributed by atoms with van der Waals surface area (Å²) in [6.45, 7) is -0.811. The minimum atomic E-state index is -1.22. The smallest absolute Gasteiger partial charge is 0.339 e. The number of benzene rings is 2. The zero-order valence-corrected chi connectivity index (χ0v) is 15.0. The van der Waals surface area contributed by atoms with Gasteiger partial charge in [0.1, 0.15) is 11.3 Å². The minimum absolute atomic E-state index is 0.119. The number of carboxylic acids is 1. The van der Waals surface area contributed by atoms with Crippen molar-refractivity contribution < 1.29 is 29.6 Å². The number of methoxy groups -OCH3 is 1.